The number of hydrogen-bond donors (Lipinski definition) is 0. The van der Waals surface area contributed by atoms with Gasteiger partial charge in [0.05, 0.1) is 11.0 Å². The van der Waals surface area contributed by atoms with Crippen molar-refractivity contribution in [2.24, 2.45) is 0 Å². The Hall–Kier alpha value is -5.22. The summed E-state index contributed by atoms with van der Waals surface area (Å²) in [6, 6.07) is 56.0. The number of nitrogens with zero attached hydrogens (tertiary/aromatic N) is 1. The molecule has 3 heterocycles. The molecule has 0 saturated carbocycles. The Kier molecular flexibility index (Phi) is 5.39. The number of rotatable bonds is 3. The largest absolute Gasteiger partial charge is 0.309 e. The monoisotopic (exact) mass is 607 g/mol. The van der Waals surface area contributed by atoms with Gasteiger partial charge in [-0.2, -0.15) is 0 Å². The van der Waals surface area contributed by atoms with E-state index in [1.165, 1.54) is 90.1 Å². The van der Waals surface area contributed by atoms with Gasteiger partial charge in [-0.1, -0.05) is 91.0 Å². The minimum atomic E-state index is 1.19. The molecule has 0 spiro atoms. The predicted octanol–water partition coefficient (Wildman–Crippen LogP) is 12.9. The average molecular weight is 608 g/mol. The highest BCUT2D eigenvalue weighted by Gasteiger charge is 2.16. The van der Waals surface area contributed by atoms with Crippen molar-refractivity contribution in [1.29, 1.82) is 0 Å². The van der Waals surface area contributed by atoms with Crippen molar-refractivity contribution < 1.29 is 0 Å². The topological polar surface area (TPSA) is 4.93 Å². The van der Waals surface area contributed by atoms with Gasteiger partial charge >= 0.3 is 0 Å². The van der Waals surface area contributed by atoms with Gasteiger partial charge in [0.1, 0.15) is 0 Å². The fourth-order valence-corrected chi connectivity index (χ4v) is 9.28. The number of aromatic nitrogens is 1. The highest BCUT2D eigenvalue weighted by molar-refractivity contribution is 7.26. The Morgan fingerprint density at radius 1 is 0.311 bits per heavy atom. The van der Waals surface area contributed by atoms with Crippen LogP contribution in [-0.2, 0) is 0 Å². The molecule has 0 radical (unpaired) electrons. The molecule has 0 saturated heterocycles. The minimum Gasteiger partial charge on any atom is -0.309 e. The highest BCUT2D eigenvalue weighted by Crippen LogP contribution is 2.41. The molecule has 0 fully saturated rings. The Labute approximate surface area is 267 Å². The highest BCUT2D eigenvalue weighted by atomic mass is 32.1. The third-order valence-corrected chi connectivity index (χ3v) is 11.5. The summed E-state index contributed by atoms with van der Waals surface area (Å²) in [6.07, 6.45) is 0. The maximum Gasteiger partial charge on any atom is 0.0541 e. The first kappa shape index (κ1) is 25.1. The third-order valence-electron chi connectivity index (χ3n) is 9.20. The summed E-state index contributed by atoms with van der Waals surface area (Å²) < 4.78 is 7.77. The standard InChI is InChI=1S/C42H25NS2/c1-2-8-26(9-3-1)27-14-19-37-34(22-27)35-23-28(29-16-21-41-36(24-29)32-11-5-7-13-40(32)44-41)15-20-38(35)43(37)30-17-18-33-31-10-4-6-12-39(31)45-42(33)25-30/h1-25H. The van der Waals surface area contributed by atoms with Crippen LogP contribution in [0.4, 0.5) is 0 Å². The maximum absolute atomic E-state index is 2.45. The van der Waals surface area contributed by atoms with Gasteiger partial charge < -0.3 is 4.57 Å². The van der Waals surface area contributed by atoms with Crippen molar-refractivity contribution in [3.05, 3.63) is 152 Å². The summed E-state index contributed by atoms with van der Waals surface area (Å²) in [6.45, 7) is 0. The molecule has 1 nitrogen and oxygen atoms in total. The summed E-state index contributed by atoms with van der Waals surface area (Å²) in [5.41, 5.74) is 8.60. The molecular formula is C42H25NS2. The first-order chi connectivity index (χ1) is 22.3. The molecule has 0 aliphatic rings. The van der Waals surface area contributed by atoms with Crippen LogP contribution < -0.4 is 0 Å². The Morgan fingerprint density at radius 2 is 0.822 bits per heavy atom. The summed E-state index contributed by atoms with van der Waals surface area (Å²) in [4.78, 5) is 0. The van der Waals surface area contributed by atoms with Crippen molar-refractivity contribution in [3.8, 4) is 27.9 Å². The van der Waals surface area contributed by atoms with E-state index in [0.717, 1.165) is 0 Å². The van der Waals surface area contributed by atoms with E-state index in [2.05, 4.69) is 156 Å². The van der Waals surface area contributed by atoms with Gasteiger partial charge in [-0.3, -0.25) is 0 Å². The summed E-state index contributed by atoms with van der Waals surface area (Å²) >= 11 is 3.74. The molecule has 0 bridgehead atoms. The van der Waals surface area contributed by atoms with Crippen LogP contribution in [0.2, 0.25) is 0 Å². The SMILES string of the molecule is c1ccc(-c2ccc3c(c2)c2cc(-c4ccc5sc6ccccc6c5c4)ccc2n3-c2ccc3c(c2)sc2ccccc23)cc1. The fraction of sp³-hybridized carbons (Fsp3) is 0. The van der Waals surface area contributed by atoms with Crippen molar-refractivity contribution in [3.63, 3.8) is 0 Å². The van der Waals surface area contributed by atoms with Crippen LogP contribution in [0.25, 0.3) is 90.1 Å². The van der Waals surface area contributed by atoms with E-state index in [-0.39, 0.29) is 0 Å². The Balaban J connectivity index is 1.22. The second kappa shape index (κ2) is 9.64. The number of benzene rings is 7. The van der Waals surface area contributed by atoms with Gasteiger partial charge in [-0.25, -0.2) is 0 Å². The van der Waals surface area contributed by atoms with Gasteiger partial charge in [0.25, 0.3) is 0 Å². The van der Waals surface area contributed by atoms with Crippen LogP contribution in [0.15, 0.2) is 152 Å². The first-order valence-corrected chi connectivity index (χ1v) is 16.9. The first-order valence-electron chi connectivity index (χ1n) is 15.3. The third kappa shape index (κ3) is 3.85. The van der Waals surface area contributed by atoms with Gasteiger partial charge in [0, 0.05) is 56.8 Å². The summed E-state index contributed by atoms with van der Waals surface area (Å²) in [5, 5.41) is 7.86. The average Bonchev–Trinajstić information content (AvgIpc) is 3.76. The quantitative estimate of drug-likeness (QED) is 0.188. The maximum atomic E-state index is 2.45. The molecule has 10 rings (SSSR count). The van der Waals surface area contributed by atoms with Gasteiger partial charge in [0.2, 0.25) is 0 Å². The van der Waals surface area contributed by atoms with Crippen LogP contribution >= 0.6 is 22.7 Å². The zero-order valence-electron chi connectivity index (χ0n) is 24.2. The molecule has 45 heavy (non-hydrogen) atoms. The number of fused-ring (bicyclic) bond motifs is 9. The van der Waals surface area contributed by atoms with E-state index in [0.29, 0.717) is 0 Å². The Morgan fingerprint density at radius 3 is 1.53 bits per heavy atom. The summed E-state index contributed by atoms with van der Waals surface area (Å²) in [5.74, 6) is 0. The van der Waals surface area contributed by atoms with E-state index in [4.69, 9.17) is 0 Å². The number of hydrogen-bond acceptors (Lipinski definition) is 2. The minimum absolute atomic E-state index is 1.19. The van der Waals surface area contributed by atoms with Crippen LogP contribution in [0.3, 0.4) is 0 Å². The lowest BCUT2D eigenvalue weighted by molar-refractivity contribution is 1.19. The second-order valence-corrected chi connectivity index (χ2v) is 13.9. The molecule has 10 aromatic rings. The molecule has 0 atom stereocenters. The summed E-state index contributed by atoms with van der Waals surface area (Å²) in [7, 11) is 0. The smallest absolute Gasteiger partial charge is 0.0541 e. The second-order valence-electron chi connectivity index (χ2n) is 11.8. The zero-order valence-corrected chi connectivity index (χ0v) is 25.8. The van der Waals surface area contributed by atoms with E-state index < -0.39 is 0 Å². The molecule has 0 amide bonds. The normalized spacial score (nSPS) is 12.0. The lowest BCUT2D eigenvalue weighted by atomic mass is 9.99. The van der Waals surface area contributed by atoms with Crippen molar-refractivity contribution in [2.75, 3.05) is 0 Å². The van der Waals surface area contributed by atoms with Crippen LogP contribution in [-0.4, -0.2) is 4.57 Å². The molecule has 0 aliphatic heterocycles. The zero-order chi connectivity index (χ0) is 29.5. The van der Waals surface area contributed by atoms with Crippen molar-refractivity contribution >= 4 is 84.8 Å². The van der Waals surface area contributed by atoms with E-state index >= 15 is 0 Å². The predicted molar refractivity (Wildman–Crippen MR) is 197 cm³/mol. The molecule has 0 N–H and O–H groups in total. The van der Waals surface area contributed by atoms with E-state index in [1.54, 1.807) is 0 Å². The lowest BCUT2D eigenvalue weighted by Crippen LogP contribution is -1.93. The molecule has 3 aromatic heterocycles. The van der Waals surface area contributed by atoms with Gasteiger partial charge in [0.15, 0.2) is 0 Å². The van der Waals surface area contributed by atoms with Gasteiger partial charge in [-0.05, 0) is 82.9 Å². The van der Waals surface area contributed by atoms with Gasteiger partial charge in [-0.15, -0.1) is 22.7 Å². The van der Waals surface area contributed by atoms with Crippen LogP contribution in [0.1, 0.15) is 0 Å². The molecule has 0 unspecified atom stereocenters. The number of thiophene rings is 2. The molecular weight excluding hydrogens is 583 g/mol. The Bertz CT molecular complexity index is 2760. The lowest BCUT2D eigenvalue weighted by Gasteiger charge is -2.09. The molecule has 0 aliphatic carbocycles. The van der Waals surface area contributed by atoms with Crippen molar-refractivity contribution in [2.45, 2.75) is 0 Å². The molecule has 210 valence electrons. The molecule has 7 aromatic carbocycles. The molecule has 3 heteroatoms. The van der Waals surface area contributed by atoms with Crippen molar-refractivity contribution in [1.82, 2.24) is 4.57 Å². The fourth-order valence-electron chi connectivity index (χ4n) is 7.05. The van der Waals surface area contributed by atoms with Crippen LogP contribution in [0, 0.1) is 0 Å². The van der Waals surface area contributed by atoms with Crippen LogP contribution in [0.5, 0.6) is 0 Å². The van der Waals surface area contributed by atoms with E-state index in [9.17, 15) is 0 Å². The van der Waals surface area contributed by atoms with E-state index in [1.807, 2.05) is 22.7 Å².